The van der Waals surface area contributed by atoms with Crippen LogP contribution in [-0.4, -0.2) is 39.3 Å². The molecule has 0 aliphatic heterocycles. The van der Waals surface area contributed by atoms with Gasteiger partial charge in [0.05, 0.1) is 0 Å². The summed E-state index contributed by atoms with van der Waals surface area (Å²) in [5.74, 6) is -0.211. The summed E-state index contributed by atoms with van der Waals surface area (Å²) in [4.78, 5) is 6.72. The molecule has 0 saturated carbocycles. The maximum absolute atomic E-state index is 12.6. The number of hydrogen-bond donors (Lipinski definition) is 2. The standard InChI is InChI=1S/C10H15F3N4OS/c1-3-19(18)5-4-15-8-6-7(14-2)16-9(17-8)10(11,12)13/h6H,3-5H2,1-2H3,(H2,14,15,16,17). The highest BCUT2D eigenvalue weighted by molar-refractivity contribution is 7.84. The Balaban J connectivity index is 2.80. The molecular weight excluding hydrogens is 281 g/mol. The van der Waals surface area contributed by atoms with Gasteiger partial charge in [-0.2, -0.15) is 13.2 Å². The van der Waals surface area contributed by atoms with E-state index in [2.05, 4.69) is 20.6 Å². The smallest absolute Gasteiger partial charge is 0.373 e. The van der Waals surface area contributed by atoms with Crippen molar-refractivity contribution in [2.45, 2.75) is 13.1 Å². The molecule has 1 aromatic heterocycles. The van der Waals surface area contributed by atoms with E-state index >= 15 is 0 Å². The van der Waals surface area contributed by atoms with Crippen LogP contribution in [0, 0.1) is 0 Å². The lowest BCUT2D eigenvalue weighted by Gasteiger charge is -2.11. The van der Waals surface area contributed by atoms with Crippen molar-refractivity contribution in [3.63, 3.8) is 0 Å². The van der Waals surface area contributed by atoms with Gasteiger partial charge in [0.15, 0.2) is 0 Å². The maximum atomic E-state index is 12.6. The van der Waals surface area contributed by atoms with E-state index in [0.29, 0.717) is 11.5 Å². The molecular formula is C10H15F3N4OS. The van der Waals surface area contributed by atoms with E-state index in [4.69, 9.17) is 0 Å². The Morgan fingerprint density at radius 1 is 1.32 bits per heavy atom. The van der Waals surface area contributed by atoms with Gasteiger partial charge in [-0.3, -0.25) is 4.21 Å². The molecule has 0 saturated heterocycles. The molecule has 0 bridgehead atoms. The summed E-state index contributed by atoms with van der Waals surface area (Å²) in [6, 6.07) is 1.37. The minimum Gasteiger partial charge on any atom is -0.373 e. The van der Waals surface area contributed by atoms with Crippen LogP contribution in [-0.2, 0) is 17.0 Å². The largest absolute Gasteiger partial charge is 0.451 e. The highest BCUT2D eigenvalue weighted by Gasteiger charge is 2.35. The lowest BCUT2D eigenvalue weighted by atomic mass is 10.4. The van der Waals surface area contributed by atoms with Crippen LogP contribution in [0.25, 0.3) is 0 Å². The van der Waals surface area contributed by atoms with Gasteiger partial charge >= 0.3 is 6.18 Å². The van der Waals surface area contributed by atoms with Crippen molar-refractivity contribution in [3.05, 3.63) is 11.9 Å². The van der Waals surface area contributed by atoms with Crippen LogP contribution in [0.3, 0.4) is 0 Å². The van der Waals surface area contributed by atoms with Gasteiger partial charge in [0.1, 0.15) is 11.6 Å². The Morgan fingerprint density at radius 2 is 1.95 bits per heavy atom. The molecule has 1 atom stereocenters. The van der Waals surface area contributed by atoms with E-state index in [9.17, 15) is 17.4 Å². The Kier molecular flexibility index (Phi) is 5.52. The summed E-state index contributed by atoms with van der Waals surface area (Å²) in [7, 11) is 0.497. The monoisotopic (exact) mass is 296 g/mol. The Labute approximate surface area is 111 Å². The molecule has 2 N–H and O–H groups in total. The van der Waals surface area contributed by atoms with Crippen molar-refractivity contribution >= 4 is 22.4 Å². The molecule has 1 unspecified atom stereocenters. The van der Waals surface area contributed by atoms with Crippen LogP contribution < -0.4 is 10.6 Å². The van der Waals surface area contributed by atoms with Crippen LogP contribution in [0.2, 0.25) is 0 Å². The second kappa shape index (κ2) is 6.69. The number of aromatic nitrogens is 2. The lowest BCUT2D eigenvalue weighted by Crippen LogP contribution is -2.17. The average Bonchev–Trinajstić information content (AvgIpc) is 2.37. The van der Waals surface area contributed by atoms with E-state index in [-0.39, 0.29) is 18.2 Å². The molecule has 0 aliphatic carbocycles. The summed E-state index contributed by atoms with van der Waals surface area (Å²) in [5.41, 5.74) is 0. The Morgan fingerprint density at radius 3 is 2.47 bits per heavy atom. The SMILES string of the molecule is CCS(=O)CCNc1cc(NC)nc(C(F)(F)F)n1. The predicted molar refractivity (Wildman–Crippen MR) is 68.6 cm³/mol. The fourth-order valence-corrected chi connectivity index (χ4v) is 1.85. The Bertz CT molecular complexity index is 453. The molecule has 0 aromatic carbocycles. The zero-order valence-corrected chi connectivity index (χ0v) is 11.4. The second-order valence-corrected chi connectivity index (χ2v) is 5.43. The first kappa shape index (κ1) is 15.7. The minimum absolute atomic E-state index is 0.0554. The van der Waals surface area contributed by atoms with Crippen molar-refractivity contribution in [1.82, 2.24) is 9.97 Å². The molecule has 9 heteroatoms. The summed E-state index contributed by atoms with van der Waals surface area (Å²) in [6.07, 6.45) is -4.60. The van der Waals surface area contributed by atoms with Gasteiger partial charge in [0.2, 0.25) is 5.82 Å². The molecule has 0 spiro atoms. The third-order valence-electron chi connectivity index (χ3n) is 2.19. The molecule has 108 valence electrons. The van der Waals surface area contributed by atoms with Gasteiger partial charge in [0.25, 0.3) is 0 Å². The number of nitrogens with one attached hydrogen (secondary N) is 2. The first-order chi connectivity index (χ1) is 8.86. The number of alkyl halides is 3. The van der Waals surface area contributed by atoms with Gasteiger partial charge in [-0.1, -0.05) is 6.92 Å². The molecule has 0 amide bonds. The van der Waals surface area contributed by atoms with Crippen LogP contribution in [0.5, 0.6) is 0 Å². The molecule has 1 aromatic rings. The van der Waals surface area contributed by atoms with Crippen LogP contribution >= 0.6 is 0 Å². The van der Waals surface area contributed by atoms with Crippen molar-refractivity contribution in [2.75, 3.05) is 35.7 Å². The minimum atomic E-state index is -4.60. The molecule has 0 aliphatic rings. The fraction of sp³-hybridized carbons (Fsp3) is 0.600. The third-order valence-corrected chi connectivity index (χ3v) is 3.50. The second-order valence-electron chi connectivity index (χ2n) is 3.57. The van der Waals surface area contributed by atoms with Crippen molar-refractivity contribution in [2.24, 2.45) is 0 Å². The predicted octanol–water partition coefficient (Wildman–Crippen LogP) is 1.72. The summed E-state index contributed by atoms with van der Waals surface area (Å²) in [5, 5.41) is 5.25. The van der Waals surface area contributed by atoms with Gasteiger partial charge in [-0.05, 0) is 0 Å². The van der Waals surface area contributed by atoms with E-state index < -0.39 is 22.8 Å². The fourth-order valence-electron chi connectivity index (χ4n) is 1.23. The average molecular weight is 296 g/mol. The molecule has 0 radical (unpaired) electrons. The van der Waals surface area contributed by atoms with Crippen LogP contribution in [0.1, 0.15) is 12.7 Å². The van der Waals surface area contributed by atoms with Gasteiger partial charge in [-0.25, -0.2) is 9.97 Å². The number of rotatable bonds is 6. The summed E-state index contributed by atoms with van der Waals surface area (Å²) in [6.45, 7) is 2.07. The molecule has 19 heavy (non-hydrogen) atoms. The quantitative estimate of drug-likeness (QED) is 0.836. The Hall–Kier alpha value is -1.38. The first-order valence-electron chi connectivity index (χ1n) is 5.59. The molecule has 5 nitrogen and oxygen atoms in total. The highest BCUT2D eigenvalue weighted by atomic mass is 32.2. The van der Waals surface area contributed by atoms with E-state index in [0.717, 1.165) is 0 Å². The summed E-state index contributed by atoms with van der Waals surface area (Å²) < 4.78 is 48.9. The maximum Gasteiger partial charge on any atom is 0.451 e. The molecule has 0 fully saturated rings. The number of nitrogens with zero attached hydrogens (tertiary/aromatic N) is 2. The number of halogens is 3. The molecule has 1 heterocycles. The summed E-state index contributed by atoms with van der Waals surface area (Å²) >= 11 is 0. The number of anilines is 2. The zero-order chi connectivity index (χ0) is 14.5. The zero-order valence-electron chi connectivity index (χ0n) is 10.5. The first-order valence-corrected chi connectivity index (χ1v) is 7.08. The van der Waals surface area contributed by atoms with Crippen molar-refractivity contribution in [1.29, 1.82) is 0 Å². The lowest BCUT2D eigenvalue weighted by molar-refractivity contribution is -0.144. The van der Waals surface area contributed by atoms with Gasteiger partial charge in [-0.15, -0.1) is 0 Å². The van der Waals surface area contributed by atoms with Crippen LogP contribution in [0.15, 0.2) is 6.07 Å². The third kappa shape index (κ3) is 5.01. The highest BCUT2D eigenvalue weighted by Crippen LogP contribution is 2.28. The van der Waals surface area contributed by atoms with E-state index in [1.807, 2.05) is 0 Å². The topological polar surface area (TPSA) is 66.9 Å². The molecule has 1 rings (SSSR count). The van der Waals surface area contributed by atoms with E-state index in [1.165, 1.54) is 13.1 Å². The van der Waals surface area contributed by atoms with Crippen molar-refractivity contribution < 1.29 is 17.4 Å². The van der Waals surface area contributed by atoms with Crippen molar-refractivity contribution in [3.8, 4) is 0 Å². The number of hydrogen-bond acceptors (Lipinski definition) is 5. The van der Waals surface area contributed by atoms with E-state index in [1.54, 1.807) is 6.92 Å². The normalized spacial score (nSPS) is 13.1. The van der Waals surface area contributed by atoms with Gasteiger partial charge < -0.3 is 10.6 Å². The van der Waals surface area contributed by atoms with Crippen LogP contribution in [0.4, 0.5) is 24.8 Å². The van der Waals surface area contributed by atoms with Gasteiger partial charge in [0, 0.05) is 42.0 Å².